The number of carbonyl (C=O) groups excluding carboxylic acids is 1. The van der Waals surface area contributed by atoms with E-state index in [4.69, 9.17) is 23.2 Å². The maximum Gasteiger partial charge on any atom is 0.387 e. The molecule has 1 N–H and O–H groups in total. The molecule has 3 aromatic rings. The molecule has 2 aromatic carbocycles. The average Bonchev–Trinajstić information content (AvgIpc) is 3.02. The molecule has 0 saturated carbocycles. The predicted octanol–water partition coefficient (Wildman–Crippen LogP) is 4.71. The second-order valence-corrected chi connectivity index (χ2v) is 10.00. The number of thiazole rings is 1. The Morgan fingerprint density at radius 3 is 2.53 bits per heavy atom. The molecule has 0 atom stereocenters. The minimum atomic E-state index is -3.91. The number of hydrogen-bond donors (Lipinski definition) is 1. The molecule has 0 aliphatic carbocycles. The van der Waals surface area contributed by atoms with E-state index in [-0.39, 0.29) is 31.4 Å². The highest BCUT2D eigenvalue weighted by molar-refractivity contribution is 7.89. The second kappa shape index (κ2) is 8.60. The standard InChI is InChI=1S/C17H13Cl2F2N3O4S2/c1-24(2)30(26,27)14-6-9(10(18)7-11(14)19)15(25)23-17-22-12-4-3-8(28-16(20)21)5-13(12)29-17/h3-7,16H,1-2H3,(H,22,23,25). The van der Waals surface area contributed by atoms with Crippen molar-refractivity contribution in [1.29, 1.82) is 0 Å². The molecule has 30 heavy (non-hydrogen) atoms. The summed E-state index contributed by atoms with van der Waals surface area (Å²) in [5.41, 5.74) is 0.331. The highest BCUT2D eigenvalue weighted by atomic mass is 35.5. The lowest BCUT2D eigenvalue weighted by atomic mass is 10.2. The van der Waals surface area contributed by atoms with E-state index in [9.17, 15) is 22.0 Å². The van der Waals surface area contributed by atoms with Crippen molar-refractivity contribution in [2.75, 3.05) is 19.4 Å². The van der Waals surface area contributed by atoms with E-state index in [0.717, 1.165) is 21.7 Å². The summed E-state index contributed by atoms with van der Waals surface area (Å²) in [6.07, 6.45) is 0. The molecule has 0 unspecified atom stereocenters. The minimum absolute atomic E-state index is 0.0432. The maximum absolute atomic E-state index is 12.7. The molecule has 13 heteroatoms. The molecule has 7 nitrogen and oxygen atoms in total. The number of hydrogen-bond acceptors (Lipinski definition) is 6. The maximum atomic E-state index is 12.7. The minimum Gasteiger partial charge on any atom is -0.435 e. The molecule has 0 aliphatic rings. The zero-order chi connectivity index (χ0) is 22.2. The number of anilines is 1. The van der Waals surface area contributed by atoms with Gasteiger partial charge >= 0.3 is 6.61 Å². The van der Waals surface area contributed by atoms with Gasteiger partial charge in [-0.1, -0.05) is 34.5 Å². The van der Waals surface area contributed by atoms with Crippen LogP contribution in [0.2, 0.25) is 10.0 Å². The van der Waals surface area contributed by atoms with E-state index in [2.05, 4.69) is 15.0 Å². The molecular formula is C17H13Cl2F2N3O4S2. The lowest BCUT2D eigenvalue weighted by molar-refractivity contribution is -0.0497. The Hall–Kier alpha value is -2.05. The van der Waals surface area contributed by atoms with E-state index in [1.807, 2.05) is 0 Å². The molecule has 0 radical (unpaired) electrons. The van der Waals surface area contributed by atoms with E-state index in [0.29, 0.717) is 10.2 Å². The van der Waals surface area contributed by atoms with Crippen molar-refractivity contribution in [2.24, 2.45) is 0 Å². The van der Waals surface area contributed by atoms with Gasteiger partial charge in [-0.05, 0) is 30.3 Å². The SMILES string of the molecule is CN(C)S(=O)(=O)c1cc(C(=O)Nc2nc3ccc(OC(F)F)cc3s2)c(Cl)cc1Cl. The summed E-state index contributed by atoms with van der Waals surface area (Å²) in [4.78, 5) is 16.6. The van der Waals surface area contributed by atoms with Crippen LogP contribution in [-0.4, -0.2) is 44.3 Å². The van der Waals surface area contributed by atoms with Crippen LogP contribution in [-0.2, 0) is 10.0 Å². The Morgan fingerprint density at radius 2 is 1.90 bits per heavy atom. The number of ether oxygens (including phenoxy) is 1. The van der Waals surface area contributed by atoms with Crippen molar-refractivity contribution in [2.45, 2.75) is 11.5 Å². The van der Waals surface area contributed by atoms with Crippen molar-refractivity contribution < 1.29 is 26.7 Å². The zero-order valence-corrected chi connectivity index (χ0v) is 18.5. The largest absolute Gasteiger partial charge is 0.435 e. The fourth-order valence-corrected chi connectivity index (χ4v) is 5.01. The number of nitrogens with one attached hydrogen (secondary N) is 1. The van der Waals surface area contributed by atoms with Crippen LogP contribution in [0.15, 0.2) is 35.2 Å². The van der Waals surface area contributed by atoms with Gasteiger partial charge in [0.05, 0.1) is 25.8 Å². The van der Waals surface area contributed by atoms with Crippen LogP contribution in [0.5, 0.6) is 5.75 Å². The van der Waals surface area contributed by atoms with E-state index < -0.39 is 22.5 Å². The molecule has 0 bridgehead atoms. The van der Waals surface area contributed by atoms with E-state index in [1.54, 1.807) is 0 Å². The van der Waals surface area contributed by atoms with Gasteiger partial charge in [0.25, 0.3) is 5.91 Å². The summed E-state index contributed by atoms with van der Waals surface area (Å²) in [7, 11) is -1.26. The van der Waals surface area contributed by atoms with Crippen LogP contribution in [0.3, 0.4) is 0 Å². The molecule has 0 fully saturated rings. The number of carbonyl (C=O) groups is 1. The Balaban J connectivity index is 1.92. The topological polar surface area (TPSA) is 88.6 Å². The number of alkyl halides is 2. The number of fused-ring (bicyclic) bond motifs is 1. The third-order valence-electron chi connectivity index (χ3n) is 3.83. The predicted molar refractivity (Wildman–Crippen MR) is 112 cm³/mol. The van der Waals surface area contributed by atoms with Gasteiger partial charge in [0, 0.05) is 14.1 Å². The first kappa shape index (κ1) is 22.6. The van der Waals surface area contributed by atoms with Gasteiger partial charge in [-0.2, -0.15) is 8.78 Å². The molecule has 160 valence electrons. The monoisotopic (exact) mass is 495 g/mol. The van der Waals surface area contributed by atoms with Gasteiger partial charge in [-0.15, -0.1) is 0 Å². The van der Waals surface area contributed by atoms with Crippen molar-refractivity contribution in [1.82, 2.24) is 9.29 Å². The van der Waals surface area contributed by atoms with Gasteiger partial charge in [-0.3, -0.25) is 10.1 Å². The van der Waals surface area contributed by atoms with Crippen molar-refractivity contribution in [3.05, 3.63) is 45.9 Å². The third-order valence-corrected chi connectivity index (χ3v) is 7.36. The summed E-state index contributed by atoms with van der Waals surface area (Å²) in [5, 5.41) is 2.50. The van der Waals surface area contributed by atoms with Crippen LogP contribution >= 0.6 is 34.5 Å². The van der Waals surface area contributed by atoms with Crippen LogP contribution in [0.25, 0.3) is 10.2 Å². The Morgan fingerprint density at radius 1 is 1.20 bits per heavy atom. The summed E-state index contributed by atoms with van der Waals surface area (Å²) < 4.78 is 55.3. The van der Waals surface area contributed by atoms with Crippen LogP contribution < -0.4 is 10.1 Å². The number of benzene rings is 2. The van der Waals surface area contributed by atoms with Gasteiger partial charge in [0.1, 0.15) is 10.6 Å². The molecule has 1 heterocycles. The molecular weight excluding hydrogens is 483 g/mol. The van der Waals surface area contributed by atoms with Crippen molar-refractivity contribution in [3.63, 3.8) is 0 Å². The lowest BCUT2D eigenvalue weighted by Crippen LogP contribution is -2.23. The number of rotatable bonds is 6. The highest BCUT2D eigenvalue weighted by Crippen LogP contribution is 2.33. The third kappa shape index (κ3) is 4.65. The average molecular weight is 496 g/mol. The number of halogens is 4. The zero-order valence-electron chi connectivity index (χ0n) is 15.3. The van der Waals surface area contributed by atoms with Crippen LogP contribution in [0.1, 0.15) is 10.4 Å². The van der Waals surface area contributed by atoms with Crippen LogP contribution in [0.4, 0.5) is 13.9 Å². The number of sulfonamides is 1. The Bertz CT molecular complexity index is 1230. The Labute approximate surface area is 184 Å². The smallest absolute Gasteiger partial charge is 0.387 e. The first-order valence-electron chi connectivity index (χ1n) is 8.07. The van der Waals surface area contributed by atoms with Gasteiger partial charge in [0.15, 0.2) is 5.13 Å². The number of aromatic nitrogens is 1. The molecule has 3 rings (SSSR count). The fraction of sp³-hybridized carbons (Fsp3) is 0.176. The van der Waals surface area contributed by atoms with Crippen molar-refractivity contribution in [3.8, 4) is 5.75 Å². The molecule has 1 amide bonds. The molecule has 0 spiro atoms. The van der Waals surface area contributed by atoms with E-state index in [1.165, 1.54) is 38.4 Å². The normalized spacial score (nSPS) is 12.0. The summed E-state index contributed by atoms with van der Waals surface area (Å²) in [6.45, 7) is -2.96. The van der Waals surface area contributed by atoms with Gasteiger partial charge in [-0.25, -0.2) is 17.7 Å². The van der Waals surface area contributed by atoms with Crippen molar-refractivity contribution >= 4 is 65.8 Å². The summed E-state index contributed by atoms with van der Waals surface area (Å²) in [5.74, 6) is -0.756. The summed E-state index contributed by atoms with van der Waals surface area (Å²) in [6, 6.07) is 6.41. The number of nitrogens with zero attached hydrogens (tertiary/aromatic N) is 2. The van der Waals surface area contributed by atoms with E-state index >= 15 is 0 Å². The van der Waals surface area contributed by atoms with Gasteiger partial charge in [0.2, 0.25) is 10.0 Å². The van der Waals surface area contributed by atoms with Gasteiger partial charge < -0.3 is 4.74 Å². The fourth-order valence-electron chi connectivity index (χ4n) is 2.40. The van der Waals surface area contributed by atoms with Crippen LogP contribution in [0, 0.1) is 0 Å². The summed E-state index contributed by atoms with van der Waals surface area (Å²) >= 11 is 13.1. The highest BCUT2D eigenvalue weighted by Gasteiger charge is 2.25. The lowest BCUT2D eigenvalue weighted by Gasteiger charge is -2.14. The first-order chi connectivity index (χ1) is 14.0. The number of amides is 1. The molecule has 0 aliphatic heterocycles. The molecule has 1 aromatic heterocycles. The second-order valence-electron chi connectivity index (χ2n) is 6.03. The quantitative estimate of drug-likeness (QED) is 0.534. The first-order valence-corrected chi connectivity index (χ1v) is 11.1. The Kier molecular flexibility index (Phi) is 6.48. The molecule has 0 saturated heterocycles.